The molecule has 6 heteroatoms. The molecule has 120 valence electrons. The number of rotatable bonds is 7. The van der Waals surface area contributed by atoms with Crippen LogP contribution in [0.15, 0.2) is 0 Å². The smallest absolute Gasteiger partial charge is 0.148 e. The van der Waals surface area contributed by atoms with Crippen LogP contribution in [0.5, 0.6) is 0 Å². The molecule has 0 radical (unpaired) electrons. The molecular formula is C14H29NO3S2. The molecular weight excluding hydrogens is 294 g/mol. The van der Waals surface area contributed by atoms with Crippen molar-refractivity contribution in [3.8, 4) is 0 Å². The van der Waals surface area contributed by atoms with Crippen LogP contribution < -0.4 is 5.32 Å². The third kappa shape index (κ3) is 5.45. The SMILES string of the molecule is CCCNC1C(S(=O)CCS(C)(=O)=O)CCCC1(C)C. The van der Waals surface area contributed by atoms with Crippen molar-refractivity contribution in [1.29, 1.82) is 0 Å². The molecule has 0 saturated heterocycles. The summed E-state index contributed by atoms with van der Waals surface area (Å²) in [5.74, 6) is 0.293. The first-order valence-corrected chi connectivity index (χ1v) is 10.9. The van der Waals surface area contributed by atoms with Crippen molar-refractivity contribution in [2.75, 3.05) is 24.3 Å². The van der Waals surface area contributed by atoms with Gasteiger partial charge < -0.3 is 5.32 Å². The molecule has 3 atom stereocenters. The van der Waals surface area contributed by atoms with Gasteiger partial charge in [-0.3, -0.25) is 4.21 Å². The Kier molecular flexibility index (Phi) is 6.67. The van der Waals surface area contributed by atoms with Gasteiger partial charge in [0, 0.05) is 28.9 Å². The minimum Gasteiger partial charge on any atom is -0.312 e. The van der Waals surface area contributed by atoms with Crippen LogP contribution in [0.1, 0.15) is 46.5 Å². The van der Waals surface area contributed by atoms with Crippen LogP contribution >= 0.6 is 0 Å². The van der Waals surface area contributed by atoms with E-state index in [1.54, 1.807) is 0 Å². The van der Waals surface area contributed by atoms with Gasteiger partial charge in [0.15, 0.2) is 0 Å². The summed E-state index contributed by atoms with van der Waals surface area (Å²) >= 11 is 0. The van der Waals surface area contributed by atoms with E-state index in [0.29, 0.717) is 0 Å². The Morgan fingerprint density at radius 3 is 2.55 bits per heavy atom. The summed E-state index contributed by atoms with van der Waals surface area (Å²) in [4.78, 5) is 0. The van der Waals surface area contributed by atoms with Gasteiger partial charge in [-0.25, -0.2) is 8.42 Å². The molecule has 0 heterocycles. The lowest BCUT2D eigenvalue weighted by molar-refractivity contribution is 0.173. The largest absolute Gasteiger partial charge is 0.312 e. The Morgan fingerprint density at radius 1 is 1.35 bits per heavy atom. The van der Waals surface area contributed by atoms with Crippen LogP contribution in [0.4, 0.5) is 0 Å². The van der Waals surface area contributed by atoms with Crippen LogP contribution in [0.3, 0.4) is 0 Å². The van der Waals surface area contributed by atoms with E-state index < -0.39 is 20.6 Å². The van der Waals surface area contributed by atoms with E-state index in [9.17, 15) is 12.6 Å². The molecule has 1 fully saturated rings. The Labute approximate surface area is 126 Å². The third-order valence-electron chi connectivity index (χ3n) is 4.13. The zero-order valence-corrected chi connectivity index (χ0v) is 14.8. The normalized spacial score (nSPS) is 28.2. The Bertz CT molecular complexity index is 432. The molecule has 1 N–H and O–H groups in total. The predicted octanol–water partition coefficient (Wildman–Crippen LogP) is 1.73. The van der Waals surface area contributed by atoms with Crippen molar-refractivity contribution in [3.05, 3.63) is 0 Å². The highest BCUT2D eigenvalue weighted by Crippen LogP contribution is 2.37. The van der Waals surface area contributed by atoms with E-state index in [0.717, 1.165) is 32.2 Å². The zero-order valence-electron chi connectivity index (χ0n) is 13.1. The van der Waals surface area contributed by atoms with Gasteiger partial charge >= 0.3 is 0 Å². The Balaban J connectivity index is 2.75. The fourth-order valence-electron chi connectivity index (χ4n) is 2.96. The molecule has 0 bridgehead atoms. The molecule has 1 aliphatic rings. The lowest BCUT2D eigenvalue weighted by atomic mass is 9.73. The van der Waals surface area contributed by atoms with E-state index in [1.165, 1.54) is 6.26 Å². The van der Waals surface area contributed by atoms with Gasteiger partial charge in [-0.2, -0.15) is 0 Å². The topological polar surface area (TPSA) is 63.2 Å². The first-order valence-electron chi connectivity index (χ1n) is 7.45. The number of nitrogens with one attached hydrogen (secondary N) is 1. The monoisotopic (exact) mass is 323 g/mol. The maximum absolute atomic E-state index is 12.5. The summed E-state index contributed by atoms with van der Waals surface area (Å²) in [7, 11) is -4.11. The second kappa shape index (κ2) is 7.36. The fraction of sp³-hybridized carbons (Fsp3) is 1.00. The van der Waals surface area contributed by atoms with Gasteiger partial charge in [0.1, 0.15) is 9.84 Å². The molecule has 4 nitrogen and oxygen atoms in total. The highest BCUT2D eigenvalue weighted by Gasteiger charge is 2.41. The van der Waals surface area contributed by atoms with Gasteiger partial charge in [-0.1, -0.05) is 27.2 Å². The quantitative estimate of drug-likeness (QED) is 0.775. The second-order valence-corrected chi connectivity index (χ2v) is 10.6. The van der Waals surface area contributed by atoms with Crippen molar-refractivity contribution in [1.82, 2.24) is 5.32 Å². The first kappa shape index (κ1) is 18.1. The minimum absolute atomic E-state index is 0.0248. The predicted molar refractivity (Wildman–Crippen MR) is 86.2 cm³/mol. The minimum atomic E-state index is -3.03. The van der Waals surface area contributed by atoms with E-state index in [2.05, 4.69) is 26.1 Å². The van der Waals surface area contributed by atoms with Gasteiger partial charge in [0.2, 0.25) is 0 Å². The molecule has 20 heavy (non-hydrogen) atoms. The van der Waals surface area contributed by atoms with Crippen LogP contribution in [0.25, 0.3) is 0 Å². The molecule has 0 aromatic heterocycles. The molecule has 0 amide bonds. The van der Waals surface area contributed by atoms with Crippen LogP contribution in [-0.2, 0) is 20.6 Å². The average molecular weight is 324 g/mol. The molecule has 0 aromatic rings. The Morgan fingerprint density at radius 2 is 2.00 bits per heavy atom. The van der Waals surface area contributed by atoms with Crippen LogP contribution in [0, 0.1) is 5.41 Å². The van der Waals surface area contributed by atoms with Crippen LogP contribution in [-0.4, -0.2) is 48.2 Å². The first-order chi connectivity index (χ1) is 9.17. The highest BCUT2D eigenvalue weighted by atomic mass is 32.2. The Hall–Kier alpha value is 0.0600. The van der Waals surface area contributed by atoms with Gasteiger partial charge in [0.05, 0.1) is 11.0 Å². The van der Waals surface area contributed by atoms with Crippen molar-refractivity contribution < 1.29 is 12.6 Å². The lowest BCUT2D eigenvalue weighted by Crippen LogP contribution is -2.54. The number of hydrogen-bond donors (Lipinski definition) is 1. The van der Waals surface area contributed by atoms with E-state index >= 15 is 0 Å². The van der Waals surface area contributed by atoms with Gasteiger partial charge in [-0.05, 0) is 31.2 Å². The summed E-state index contributed by atoms with van der Waals surface area (Å²) in [5, 5.41) is 3.62. The molecule has 0 spiro atoms. The van der Waals surface area contributed by atoms with E-state index in [1.807, 2.05) is 0 Å². The van der Waals surface area contributed by atoms with Crippen molar-refractivity contribution in [3.63, 3.8) is 0 Å². The van der Waals surface area contributed by atoms with Gasteiger partial charge in [0.25, 0.3) is 0 Å². The summed E-state index contributed by atoms with van der Waals surface area (Å²) in [6.45, 7) is 7.49. The zero-order chi connectivity index (χ0) is 15.4. The maximum Gasteiger partial charge on any atom is 0.148 e. The van der Waals surface area contributed by atoms with Crippen LogP contribution in [0.2, 0.25) is 0 Å². The molecule has 1 saturated carbocycles. The summed E-state index contributed by atoms with van der Waals surface area (Å²) in [5.41, 5.74) is 0.124. The van der Waals surface area contributed by atoms with Crippen molar-refractivity contribution >= 4 is 20.6 Å². The van der Waals surface area contributed by atoms with Crippen molar-refractivity contribution in [2.24, 2.45) is 5.41 Å². The standard InChI is InChI=1S/C14H29NO3S2/c1-5-9-15-13-12(7-6-8-14(13,2)3)19(16)10-11-20(4,17)18/h12-13,15H,5-11H2,1-4H3. The maximum atomic E-state index is 12.5. The lowest BCUT2D eigenvalue weighted by Gasteiger charge is -2.44. The number of hydrogen-bond acceptors (Lipinski definition) is 4. The second-order valence-electron chi connectivity index (χ2n) is 6.57. The average Bonchev–Trinajstić information content (AvgIpc) is 2.32. The van der Waals surface area contributed by atoms with E-state index in [-0.39, 0.29) is 28.2 Å². The third-order valence-corrected chi connectivity index (χ3v) is 7.12. The number of sulfone groups is 1. The fourth-order valence-corrected chi connectivity index (χ4v) is 6.33. The summed E-state index contributed by atoms with van der Waals surface area (Å²) in [6, 6.07) is 0.219. The molecule has 3 unspecified atom stereocenters. The summed E-state index contributed by atoms with van der Waals surface area (Å²) < 4.78 is 35.0. The van der Waals surface area contributed by atoms with Gasteiger partial charge in [-0.15, -0.1) is 0 Å². The van der Waals surface area contributed by atoms with E-state index in [4.69, 9.17) is 0 Å². The molecule has 0 aliphatic heterocycles. The van der Waals surface area contributed by atoms with Crippen molar-refractivity contribution in [2.45, 2.75) is 57.7 Å². The summed E-state index contributed by atoms with van der Waals surface area (Å²) in [6.07, 6.45) is 5.40. The highest BCUT2D eigenvalue weighted by molar-refractivity contribution is 7.92. The molecule has 1 rings (SSSR count). The molecule has 1 aliphatic carbocycles. The molecule has 0 aromatic carbocycles.